The van der Waals surface area contributed by atoms with Gasteiger partial charge >= 0.3 is 0 Å². The summed E-state index contributed by atoms with van der Waals surface area (Å²) in [7, 11) is 1.64. The maximum absolute atomic E-state index is 12.9. The van der Waals surface area contributed by atoms with Crippen LogP contribution < -0.4 is 4.74 Å². The monoisotopic (exact) mass is 323 g/mol. The van der Waals surface area contributed by atoms with Crippen LogP contribution in [0.4, 0.5) is 0 Å². The Bertz CT molecular complexity index is 856. The van der Waals surface area contributed by atoms with Crippen molar-refractivity contribution in [3.05, 3.63) is 66.0 Å². The fourth-order valence-corrected chi connectivity index (χ4v) is 3.08. The number of rotatable bonds is 3. The average Bonchev–Trinajstić information content (AvgIpc) is 3.31. The lowest BCUT2D eigenvalue weighted by molar-refractivity contribution is 0.0578. The maximum Gasteiger partial charge on any atom is 0.272 e. The molecule has 1 aliphatic rings. The minimum Gasteiger partial charge on any atom is -0.497 e. The summed E-state index contributed by atoms with van der Waals surface area (Å²) in [4.78, 5) is 19.1. The molecule has 1 atom stereocenters. The molecular formula is C17H17N5O2. The number of amides is 1. The van der Waals surface area contributed by atoms with E-state index in [9.17, 15) is 4.79 Å². The van der Waals surface area contributed by atoms with Gasteiger partial charge in [0.2, 0.25) is 0 Å². The Labute approximate surface area is 138 Å². The molecular weight excluding hydrogens is 306 g/mol. The molecule has 24 heavy (non-hydrogen) atoms. The number of hydrogen-bond donors (Lipinski definition) is 1. The molecule has 3 heterocycles. The minimum absolute atomic E-state index is 0.0884. The number of methoxy groups -OCH3 is 1. The van der Waals surface area contributed by atoms with Gasteiger partial charge in [-0.15, -0.1) is 0 Å². The van der Waals surface area contributed by atoms with E-state index in [2.05, 4.69) is 19.7 Å². The van der Waals surface area contributed by atoms with Crippen molar-refractivity contribution in [2.24, 2.45) is 0 Å². The standard InChI is InChI=1S/C17H17N5O2/c1-24-13-4-2-3-12(9-13)15-10-21-8-7-18-16(21)11-22(15)17(23)14-5-6-19-20-14/h2-9,15H,10-11H2,1H3,(H,19,20)/t15-/m1/s1. The number of benzene rings is 1. The van der Waals surface area contributed by atoms with Crippen molar-refractivity contribution in [3.8, 4) is 5.75 Å². The number of carbonyl (C=O) groups is 1. The van der Waals surface area contributed by atoms with Crippen molar-refractivity contribution in [1.82, 2.24) is 24.6 Å². The van der Waals surface area contributed by atoms with Gasteiger partial charge in [0.15, 0.2) is 0 Å². The van der Waals surface area contributed by atoms with E-state index in [0.29, 0.717) is 18.8 Å². The second kappa shape index (κ2) is 5.84. The van der Waals surface area contributed by atoms with Crippen LogP contribution in [0.2, 0.25) is 0 Å². The van der Waals surface area contributed by atoms with Crippen molar-refractivity contribution in [1.29, 1.82) is 0 Å². The Morgan fingerprint density at radius 1 is 1.33 bits per heavy atom. The van der Waals surface area contributed by atoms with Crippen LogP contribution in [-0.2, 0) is 13.1 Å². The molecule has 3 aromatic rings. The first-order valence-electron chi connectivity index (χ1n) is 7.70. The van der Waals surface area contributed by atoms with Gasteiger partial charge in [-0.1, -0.05) is 12.1 Å². The SMILES string of the molecule is COc1cccc([C@H]2Cn3ccnc3CN2C(=O)c2ccn[nH]2)c1. The first-order chi connectivity index (χ1) is 11.8. The van der Waals surface area contributed by atoms with Crippen molar-refractivity contribution < 1.29 is 9.53 Å². The summed E-state index contributed by atoms with van der Waals surface area (Å²) in [6, 6.07) is 9.42. The molecule has 7 nitrogen and oxygen atoms in total. The number of hydrogen-bond acceptors (Lipinski definition) is 4. The third kappa shape index (κ3) is 2.44. The fourth-order valence-electron chi connectivity index (χ4n) is 3.08. The molecule has 4 rings (SSSR count). The van der Waals surface area contributed by atoms with Gasteiger partial charge in [0.05, 0.1) is 19.7 Å². The average molecular weight is 323 g/mol. The third-order valence-electron chi connectivity index (χ3n) is 4.33. The maximum atomic E-state index is 12.9. The van der Waals surface area contributed by atoms with Gasteiger partial charge in [-0.05, 0) is 23.8 Å². The zero-order chi connectivity index (χ0) is 16.5. The number of H-pyrrole nitrogens is 1. The van der Waals surface area contributed by atoms with Crippen LogP contribution in [0.5, 0.6) is 5.75 Å². The Morgan fingerprint density at radius 3 is 3.04 bits per heavy atom. The van der Waals surface area contributed by atoms with Gasteiger partial charge in [-0.3, -0.25) is 9.89 Å². The molecule has 1 aromatic carbocycles. The summed E-state index contributed by atoms with van der Waals surface area (Å²) in [5.74, 6) is 1.56. The summed E-state index contributed by atoms with van der Waals surface area (Å²) in [5, 5.41) is 6.64. The van der Waals surface area contributed by atoms with Gasteiger partial charge in [-0.25, -0.2) is 4.98 Å². The van der Waals surface area contributed by atoms with E-state index in [1.807, 2.05) is 35.4 Å². The molecule has 2 aromatic heterocycles. The van der Waals surface area contributed by atoms with Crippen molar-refractivity contribution in [2.45, 2.75) is 19.1 Å². The number of fused-ring (bicyclic) bond motifs is 1. The Balaban J connectivity index is 1.74. The molecule has 0 fully saturated rings. The normalized spacial score (nSPS) is 16.7. The molecule has 1 aliphatic heterocycles. The Morgan fingerprint density at radius 2 is 2.25 bits per heavy atom. The molecule has 0 bridgehead atoms. The summed E-state index contributed by atoms with van der Waals surface area (Å²) in [5.41, 5.74) is 1.50. The van der Waals surface area contributed by atoms with Crippen LogP contribution in [0.3, 0.4) is 0 Å². The number of ether oxygens (including phenoxy) is 1. The second-order valence-electron chi connectivity index (χ2n) is 5.69. The molecule has 0 saturated heterocycles. The van der Waals surface area contributed by atoms with E-state index in [1.165, 1.54) is 0 Å². The minimum atomic E-state index is -0.0994. The number of imidazole rings is 1. The smallest absolute Gasteiger partial charge is 0.272 e. The van der Waals surface area contributed by atoms with Gasteiger partial charge in [0, 0.05) is 25.1 Å². The lowest BCUT2D eigenvalue weighted by Crippen LogP contribution is -2.41. The lowest BCUT2D eigenvalue weighted by Gasteiger charge is -2.36. The van der Waals surface area contributed by atoms with Crippen LogP contribution in [0.1, 0.15) is 27.9 Å². The molecule has 1 N–H and O–H groups in total. The molecule has 122 valence electrons. The van der Waals surface area contributed by atoms with Crippen LogP contribution in [0.25, 0.3) is 0 Å². The molecule has 0 saturated carbocycles. The fraction of sp³-hybridized carbons (Fsp3) is 0.235. The first-order valence-corrected chi connectivity index (χ1v) is 7.70. The zero-order valence-corrected chi connectivity index (χ0v) is 13.2. The van der Waals surface area contributed by atoms with E-state index in [4.69, 9.17) is 4.74 Å². The van der Waals surface area contributed by atoms with Gasteiger partial charge < -0.3 is 14.2 Å². The van der Waals surface area contributed by atoms with Crippen molar-refractivity contribution in [2.75, 3.05) is 7.11 Å². The Kier molecular flexibility index (Phi) is 3.53. The van der Waals surface area contributed by atoms with Gasteiger partial charge in [0.1, 0.15) is 17.3 Å². The van der Waals surface area contributed by atoms with E-state index < -0.39 is 0 Å². The van der Waals surface area contributed by atoms with Gasteiger partial charge in [0.25, 0.3) is 5.91 Å². The van der Waals surface area contributed by atoms with Crippen molar-refractivity contribution in [3.63, 3.8) is 0 Å². The van der Waals surface area contributed by atoms with E-state index >= 15 is 0 Å². The molecule has 0 aliphatic carbocycles. The summed E-state index contributed by atoms with van der Waals surface area (Å²) in [6.45, 7) is 1.11. The number of carbonyl (C=O) groups excluding carboxylic acids is 1. The number of aromatic nitrogens is 4. The lowest BCUT2D eigenvalue weighted by atomic mass is 10.0. The topological polar surface area (TPSA) is 76.0 Å². The first kappa shape index (κ1) is 14.5. The highest BCUT2D eigenvalue weighted by molar-refractivity contribution is 5.92. The zero-order valence-electron chi connectivity index (χ0n) is 13.2. The highest BCUT2D eigenvalue weighted by atomic mass is 16.5. The summed E-state index contributed by atoms with van der Waals surface area (Å²) in [6.07, 6.45) is 5.29. The molecule has 0 unspecified atom stereocenters. The molecule has 0 radical (unpaired) electrons. The predicted octanol–water partition coefficient (Wildman–Crippen LogP) is 2.01. The third-order valence-corrected chi connectivity index (χ3v) is 4.33. The van der Waals surface area contributed by atoms with Crippen LogP contribution >= 0.6 is 0 Å². The number of nitrogens with zero attached hydrogens (tertiary/aromatic N) is 4. The number of aromatic amines is 1. The second-order valence-corrected chi connectivity index (χ2v) is 5.69. The van der Waals surface area contributed by atoms with E-state index in [0.717, 1.165) is 17.1 Å². The molecule has 7 heteroatoms. The molecule has 1 amide bonds. The molecule has 0 spiro atoms. The Hall–Kier alpha value is -3.09. The van der Waals surface area contributed by atoms with E-state index in [1.54, 1.807) is 25.6 Å². The quantitative estimate of drug-likeness (QED) is 0.800. The highest BCUT2D eigenvalue weighted by Gasteiger charge is 2.32. The van der Waals surface area contributed by atoms with Crippen LogP contribution in [0.15, 0.2) is 48.9 Å². The van der Waals surface area contributed by atoms with Gasteiger partial charge in [-0.2, -0.15) is 5.10 Å². The summed E-state index contributed by atoms with van der Waals surface area (Å²) < 4.78 is 7.41. The van der Waals surface area contributed by atoms with Crippen LogP contribution in [-0.4, -0.2) is 37.7 Å². The van der Waals surface area contributed by atoms with Crippen molar-refractivity contribution >= 4 is 5.91 Å². The van der Waals surface area contributed by atoms with E-state index in [-0.39, 0.29) is 11.9 Å². The highest BCUT2D eigenvalue weighted by Crippen LogP contribution is 2.31. The number of nitrogens with one attached hydrogen (secondary N) is 1. The predicted molar refractivity (Wildman–Crippen MR) is 86.4 cm³/mol. The van der Waals surface area contributed by atoms with Crippen LogP contribution in [0, 0.1) is 0 Å². The largest absolute Gasteiger partial charge is 0.497 e. The summed E-state index contributed by atoms with van der Waals surface area (Å²) >= 11 is 0.